The molecule has 0 radical (unpaired) electrons. The van der Waals surface area contributed by atoms with Crippen LogP contribution in [0.4, 0.5) is 0 Å². The van der Waals surface area contributed by atoms with Crippen molar-refractivity contribution in [1.82, 2.24) is 30.6 Å². The topological polar surface area (TPSA) is 81.4 Å². The Kier molecular flexibility index (Phi) is 4.64. The Bertz CT molecular complexity index is 1390. The first-order valence-electron chi connectivity index (χ1n) is 14.7. The highest BCUT2D eigenvalue weighted by atomic mass is 15.1. The third-order valence-electron chi connectivity index (χ3n) is 10.3. The highest BCUT2D eigenvalue weighted by Crippen LogP contribution is 2.50. The highest BCUT2D eigenvalue weighted by Gasteiger charge is 2.39. The zero-order valence-electron chi connectivity index (χ0n) is 21.6. The fraction of sp³-hybridized carbons (Fsp3) is 0.438. The van der Waals surface area contributed by atoms with Gasteiger partial charge in [0.15, 0.2) is 0 Å². The Hall–Kier alpha value is -3.22. The lowest BCUT2D eigenvalue weighted by Crippen LogP contribution is -2.24. The largest absolute Gasteiger partial charge is 0.341 e. The summed E-state index contributed by atoms with van der Waals surface area (Å²) in [6.07, 6.45) is 14.6. The Morgan fingerprint density at radius 1 is 0.579 bits per heavy atom. The number of H-pyrrole nitrogens is 2. The fourth-order valence-corrected chi connectivity index (χ4v) is 8.31. The summed E-state index contributed by atoms with van der Waals surface area (Å²) in [5.74, 6) is 3.85. The maximum Gasteiger partial charge on any atom is 0.123 e. The lowest BCUT2D eigenvalue weighted by Gasteiger charge is -2.25. The lowest BCUT2D eigenvalue weighted by molar-refractivity contribution is 0.516. The minimum absolute atomic E-state index is 0.372. The van der Waals surface area contributed by atoms with Crippen molar-refractivity contribution in [3.63, 3.8) is 0 Å². The molecule has 9 rings (SSSR count). The molecule has 4 fully saturated rings. The molecule has 0 amide bonds. The number of aromatic amines is 2. The van der Waals surface area contributed by atoms with Crippen molar-refractivity contribution in [2.24, 2.45) is 11.8 Å². The van der Waals surface area contributed by atoms with Crippen LogP contribution in [0.15, 0.2) is 48.8 Å². The molecule has 2 saturated carbocycles. The van der Waals surface area contributed by atoms with Crippen LogP contribution in [0.25, 0.3) is 44.8 Å². The highest BCUT2D eigenvalue weighted by molar-refractivity contribution is 6.04. The second kappa shape index (κ2) is 8.14. The number of fused-ring (bicyclic) bond motifs is 6. The second-order valence-corrected chi connectivity index (χ2v) is 12.4. The number of hydrogen-bond acceptors (Lipinski definition) is 4. The lowest BCUT2D eigenvalue weighted by atomic mass is 9.78. The van der Waals surface area contributed by atoms with Gasteiger partial charge in [-0.15, -0.1) is 0 Å². The van der Waals surface area contributed by atoms with Crippen molar-refractivity contribution >= 4 is 0 Å². The molecule has 2 unspecified atom stereocenters. The number of nitrogens with zero attached hydrogens (tertiary/aromatic N) is 2. The van der Waals surface area contributed by atoms with E-state index in [-0.39, 0.29) is 0 Å². The standard InChI is InChI=1S/C32H34N6/c1-3-17-13-27(35-25(17)5-1)31-33-15-29(37-31)19-7-9-21-23(11-19)22-10-8-20(12-24(21)22)30-16-34-32(38-30)28-14-18-4-2-6-26(18)36-28/h7-12,15-18,25-28,35-36H,1-6,13-14H2,(H,33,37)(H,34,38)/t17-,18?,25-,26?,27-,28-/m0/s1. The van der Waals surface area contributed by atoms with E-state index in [1.54, 1.807) is 0 Å². The van der Waals surface area contributed by atoms with Gasteiger partial charge in [0.2, 0.25) is 0 Å². The molecule has 4 aromatic rings. The van der Waals surface area contributed by atoms with E-state index >= 15 is 0 Å². The van der Waals surface area contributed by atoms with Crippen LogP contribution in [0, 0.1) is 11.8 Å². The van der Waals surface area contributed by atoms with E-state index in [1.165, 1.54) is 84.7 Å². The van der Waals surface area contributed by atoms with Gasteiger partial charge >= 0.3 is 0 Å². The number of hydrogen-bond donors (Lipinski definition) is 4. The van der Waals surface area contributed by atoms with Gasteiger partial charge in [-0.3, -0.25) is 0 Å². The van der Waals surface area contributed by atoms with Gasteiger partial charge in [0, 0.05) is 23.2 Å². The summed E-state index contributed by atoms with van der Waals surface area (Å²) in [6, 6.07) is 15.8. The molecular formula is C32H34N6. The zero-order valence-corrected chi connectivity index (χ0v) is 21.6. The Morgan fingerprint density at radius 2 is 1.08 bits per heavy atom. The summed E-state index contributed by atoms with van der Waals surface area (Å²) >= 11 is 0. The van der Waals surface area contributed by atoms with Crippen molar-refractivity contribution in [1.29, 1.82) is 0 Å². The van der Waals surface area contributed by atoms with Gasteiger partial charge in [-0.1, -0.05) is 37.1 Å². The number of rotatable bonds is 4. The van der Waals surface area contributed by atoms with Gasteiger partial charge in [-0.2, -0.15) is 0 Å². The molecule has 4 N–H and O–H groups in total. The van der Waals surface area contributed by atoms with Crippen molar-refractivity contribution in [2.45, 2.75) is 75.5 Å². The van der Waals surface area contributed by atoms with Crippen molar-refractivity contribution in [2.75, 3.05) is 0 Å². The minimum atomic E-state index is 0.372. The predicted octanol–water partition coefficient (Wildman–Crippen LogP) is 6.52. The quantitative estimate of drug-likeness (QED) is 0.226. The van der Waals surface area contributed by atoms with Crippen LogP contribution in [0.2, 0.25) is 0 Å². The van der Waals surface area contributed by atoms with Gasteiger partial charge in [0.1, 0.15) is 11.6 Å². The first-order valence-corrected chi connectivity index (χ1v) is 14.7. The van der Waals surface area contributed by atoms with Gasteiger partial charge in [0.05, 0.1) is 35.9 Å². The average Bonchev–Trinajstić information content (AvgIpc) is 3.74. The van der Waals surface area contributed by atoms with E-state index in [1.807, 2.05) is 12.4 Å². The normalized spacial score (nSPS) is 30.6. The molecule has 2 aromatic heterocycles. The van der Waals surface area contributed by atoms with Crippen molar-refractivity contribution in [3.8, 4) is 44.8 Å². The third-order valence-corrected chi connectivity index (χ3v) is 10.3. The molecule has 5 aliphatic rings. The van der Waals surface area contributed by atoms with Crippen LogP contribution >= 0.6 is 0 Å². The summed E-state index contributed by atoms with van der Waals surface area (Å²) in [6.45, 7) is 0. The minimum Gasteiger partial charge on any atom is -0.341 e. The van der Waals surface area contributed by atoms with Crippen LogP contribution in [-0.4, -0.2) is 32.0 Å². The van der Waals surface area contributed by atoms with E-state index in [0.29, 0.717) is 24.2 Å². The Morgan fingerprint density at radius 3 is 1.55 bits per heavy atom. The van der Waals surface area contributed by atoms with Gasteiger partial charge in [-0.25, -0.2) is 9.97 Å². The second-order valence-electron chi connectivity index (χ2n) is 12.4. The van der Waals surface area contributed by atoms with Crippen LogP contribution in [-0.2, 0) is 0 Å². The molecule has 0 bridgehead atoms. The first kappa shape index (κ1) is 21.7. The summed E-state index contributed by atoms with van der Waals surface area (Å²) in [7, 11) is 0. The van der Waals surface area contributed by atoms with Crippen LogP contribution in [0.3, 0.4) is 0 Å². The molecule has 6 nitrogen and oxygen atoms in total. The van der Waals surface area contributed by atoms with E-state index in [9.17, 15) is 0 Å². The molecule has 2 saturated heterocycles. The maximum absolute atomic E-state index is 4.78. The van der Waals surface area contributed by atoms with E-state index in [2.05, 4.69) is 57.0 Å². The molecule has 6 heteroatoms. The molecule has 192 valence electrons. The number of imidazole rings is 2. The molecule has 2 aliphatic heterocycles. The van der Waals surface area contributed by atoms with Crippen LogP contribution < -0.4 is 10.6 Å². The molecule has 6 atom stereocenters. The van der Waals surface area contributed by atoms with Gasteiger partial charge in [-0.05, 0) is 84.7 Å². The molecule has 3 aliphatic carbocycles. The Labute approximate surface area is 223 Å². The van der Waals surface area contributed by atoms with E-state index in [4.69, 9.17) is 9.97 Å². The predicted molar refractivity (Wildman–Crippen MR) is 149 cm³/mol. The average molecular weight is 503 g/mol. The van der Waals surface area contributed by atoms with Crippen molar-refractivity contribution < 1.29 is 0 Å². The SMILES string of the molecule is c1cc2c(cc1-c1cnc([C@@H]3CC4CCCC4N3)[nH]1)-c1ccc(-c3cnc([C@@H]4C[C@@H]5CCC[C@@H]5N4)[nH]3)cc1-2. The maximum atomic E-state index is 4.78. The Balaban J connectivity index is 0.939. The van der Waals surface area contributed by atoms with Crippen molar-refractivity contribution in [3.05, 3.63) is 60.4 Å². The number of aromatic nitrogens is 4. The number of nitrogens with one attached hydrogen (secondary N) is 4. The monoisotopic (exact) mass is 502 g/mol. The summed E-state index contributed by atoms with van der Waals surface area (Å²) < 4.78 is 0. The summed E-state index contributed by atoms with van der Waals surface area (Å²) in [5, 5.41) is 7.64. The molecule has 38 heavy (non-hydrogen) atoms. The molecule has 4 heterocycles. The smallest absolute Gasteiger partial charge is 0.123 e. The van der Waals surface area contributed by atoms with Crippen LogP contribution in [0.1, 0.15) is 75.1 Å². The van der Waals surface area contributed by atoms with Crippen LogP contribution in [0.5, 0.6) is 0 Å². The summed E-state index contributed by atoms with van der Waals surface area (Å²) in [4.78, 5) is 16.8. The first-order chi connectivity index (χ1) is 18.8. The van der Waals surface area contributed by atoms with E-state index in [0.717, 1.165) is 34.9 Å². The van der Waals surface area contributed by atoms with Gasteiger partial charge in [0.25, 0.3) is 0 Å². The molecule has 0 spiro atoms. The fourth-order valence-electron chi connectivity index (χ4n) is 8.31. The molecule has 2 aromatic carbocycles. The third kappa shape index (κ3) is 3.26. The summed E-state index contributed by atoms with van der Waals surface area (Å²) in [5.41, 5.74) is 9.98. The zero-order chi connectivity index (χ0) is 24.8. The van der Waals surface area contributed by atoms with E-state index < -0.39 is 0 Å². The number of benzene rings is 2. The van der Waals surface area contributed by atoms with Gasteiger partial charge < -0.3 is 20.6 Å². The molecular weight excluding hydrogens is 468 g/mol.